The van der Waals surface area contributed by atoms with Crippen LogP contribution in [-0.4, -0.2) is 26.7 Å². The second kappa shape index (κ2) is 8.73. The molecule has 31 heavy (non-hydrogen) atoms. The highest BCUT2D eigenvalue weighted by Gasteiger charge is 2.28. The van der Waals surface area contributed by atoms with Crippen molar-refractivity contribution in [2.45, 2.75) is 19.4 Å². The van der Waals surface area contributed by atoms with Crippen LogP contribution in [0.5, 0.6) is 0 Å². The fraction of sp³-hybridized carbons (Fsp3) is 0.143. The zero-order valence-corrected chi connectivity index (χ0v) is 16.7. The topological polar surface area (TPSA) is 82.8 Å². The van der Waals surface area contributed by atoms with E-state index in [9.17, 15) is 18.4 Å². The predicted molar refractivity (Wildman–Crippen MR) is 110 cm³/mol. The fourth-order valence-corrected chi connectivity index (χ4v) is 3.49. The quantitative estimate of drug-likeness (QED) is 0.343. The Balaban J connectivity index is 1.65. The van der Waals surface area contributed by atoms with Crippen LogP contribution in [0.1, 0.15) is 22.5 Å². The van der Waals surface area contributed by atoms with Crippen LogP contribution in [0.15, 0.2) is 52.9 Å². The molecule has 1 aliphatic heterocycles. The molecular formula is C21H15ClF3N5O. The Hall–Kier alpha value is -3.46. The highest BCUT2D eigenvalue weighted by molar-refractivity contribution is 6.30. The molecule has 4 rings (SSSR count). The molecule has 0 aliphatic carbocycles. The Kier molecular flexibility index (Phi) is 5.85. The van der Waals surface area contributed by atoms with Crippen LogP contribution in [0.4, 0.5) is 18.9 Å². The summed E-state index contributed by atoms with van der Waals surface area (Å²) < 4.78 is 42.1. The lowest BCUT2D eigenvalue weighted by Crippen LogP contribution is -2.10. The van der Waals surface area contributed by atoms with Crippen LogP contribution in [-0.2, 0) is 19.4 Å². The molecule has 0 saturated carbocycles. The maximum Gasteiger partial charge on any atom is 0.182 e. The molecule has 0 fully saturated rings. The molecular weight excluding hydrogens is 431 g/mol. The lowest BCUT2D eigenvalue weighted by molar-refractivity contribution is 0.318. The van der Waals surface area contributed by atoms with Crippen LogP contribution in [0, 0.1) is 17.5 Å². The van der Waals surface area contributed by atoms with Gasteiger partial charge in [-0.1, -0.05) is 22.8 Å². The van der Waals surface area contributed by atoms with E-state index in [0.717, 1.165) is 6.07 Å². The number of amidine groups is 1. The molecule has 0 bridgehead atoms. The number of oxime groups is 1. The summed E-state index contributed by atoms with van der Waals surface area (Å²) in [5, 5.41) is 15.5. The number of fused-ring (bicyclic) bond motifs is 1. The molecule has 2 aromatic carbocycles. The largest absolute Gasteiger partial charge is 0.411 e. The molecule has 0 saturated heterocycles. The van der Waals surface area contributed by atoms with Gasteiger partial charge >= 0.3 is 0 Å². The van der Waals surface area contributed by atoms with E-state index >= 15 is 0 Å². The third kappa shape index (κ3) is 4.36. The van der Waals surface area contributed by atoms with Crippen molar-refractivity contribution < 1.29 is 18.4 Å². The van der Waals surface area contributed by atoms with Crippen LogP contribution in [0.25, 0.3) is 0 Å². The van der Waals surface area contributed by atoms with Crippen molar-refractivity contribution in [2.24, 2.45) is 10.1 Å². The molecule has 0 amide bonds. The summed E-state index contributed by atoms with van der Waals surface area (Å²) in [6, 6.07) is 6.68. The maximum absolute atomic E-state index is 14.4. The highest BCUT2D eigenvalue weighted by atomic mass is 35.5. The molecule has 1 aliphatic rings. The van der Waals surface area contributed by atoms with Crippen LogP contribution >= 0.6 is 11.6 Å². The van der Waals surface area contributed by atoms with Crippen molar-refractivity contribution in [2.75, 3.05) is 5.32 Å². The Morgan fingerprint density at radius 1 is 1.13 bits per heavy atom. The van der Waals surface area contributed by atoms with Gasteiger partial charge in [0.05, 0.1) is 16.4 Å². The maximum atomic E-state index is 14.4. The first-order chi connectivity index (χ1) is 15.0. The number of rotatable bonds is 5. The first kappa shape index (κ1) is 20.8. The number of aromatic nitrogens is 2. The van der Waals surface area contributed by atoms with Crippen molar-refractivity contribution in [3.05, 3.63) is 87.7 Å². The molecule has 0 radical (unpaired) electrons. The number of anilines is 1. The van der Waals surface area contributed by atoms with E-state index < -0.39 is 17.5 Å². The number of benzene rings is 2. The van der Waals surface area contributed by atoms with Gasteiger partial charge in [0, 0.05) is 30.8 Å². The summed E-state index contributed by atoms with van der Waals surface area (Å²) in [5.41, 5.74) is 1.16. The van der Waals surface area contributed by atoms with E-state index in [-0.39, 0.29) is 41.4 Å². The van der Waals surface area contributed by atoms with Gasteiger partial charge in [-0.25, -0.2) is 23.1 Å². The van der Waals surface area contributed by atoms with E-state index in [2.05, 4.69) is 25.4 Å². The van der Waals surface area contributed by atoms with E-state index in [1.807, 2.05) is 0 Å². The van der Waals surface area contributed by atoms with Crippen molar-refractivity contribution in [3.63, 3.8) is 0 Å². The van der Waals surface area contributed by atoms with Gasteiger partial charge in [0.2, 0.25) is 0 Å². The molecule has 0 unspecified atom stereocenters. The lowest BCUT2D eigenvalue weighted by Gasteiger charge is -2.11. The molecule has 0 spiro atoms. The molecule has 10 heteroatoms. The van der Waals surface area contributed by atoms with E-state index in [4.69, 9.17) is 11.6 Å². The molecule has 2 N–H and O–H groups in total. The summed E-state index contributed by atoms with van der Waals surface area (Å²) in [6.07, 6.45) is 3.35. The molecule has 3 aromatic rings. The second-order valence-corrected chi connectivity index (χ2v) is 7.18. The van der Waals surface area contributed by atoms with E-state index in [1.165, 1.54) is 18.2 Å². The molecule has 1 aromatic heterocycles. The normalized spacial score (nSPS) is 14.6. The zero-order valence-electron chi connectivity index (χ0n) is 15.9. The van der Waals surface area contributed by atoms with Crippen LogP contribution in [0.2, 0.25) is 5.02 Å². The number of halogens is 4. The van der Waals surface area contributed by atoms with Crippen molar-refractivity contribution in [1.29, 1.82) is 0 Å². The molecule has 158 valence electrons. The monoisotopic (exact) mass is 445 g/mol. The van der Waals surface area contributed by atoms with Crippen molar-refractivity contribution in [3.8, 4) is 0 Å². The van der Waals surface area contributed by atoms with Gasteiger partial charge in [-0.2, -0.15) is 0 Å². The van der Waals surface area contributed by atoms with Crippen LogP contribution < -0.4 is 5.32 Å². The zero-order chi connectivity index (χ0) is 22.0. The van der Waals surface area contributed by atoms with Gasteiger partial charge in [0.25, 0.3) is 0 Å². The SMILES string of the molecule is O/N=C(\Cc1ccc(F)c(Cl)c1)c1cc(F)c(F)c2c1CC(=NCc1ncccn1)N2. The Morgan fingerprint density at radius 2 is 1.90 bits per heavy atom. The third-order valence-electron chi connectivity index (χ3n) is 4.76. The van der Waals surface area contributed by atoms with Gasteiger partial charge in [0.1, 0.15) is 24.0 Å². The fourth-order valence-electron chi connectivity index (χ4n) is 3.29. The van der Waals surface area contributed by atoms with Gasteiger partial charge in [-0.15, -0.1) is 0 Å². The standard InChI is InChI=1S/C21H15ClF3N5O/c22-14-6-11(2-3-15(14)23)7-17(30-31)12-8-16(24)20(25)21-13(12)9-18(29-21)28-10-19-26-4-1-5-27-19/h1-6,8,31H,7,9-10H2,(H,28,29)/b30-17+. The lowest BCUT2D eigenvalue weighted by atomic mass is 9.95. The Morgan fingerprint density at radius 3 is 2.61 bits per heavy atom. The smallest absolute Gasteiger partial charge is 0.182 e. The summed E-state index contributed by atoms with van der Waals surface area (Å²) >= 11 is 5.81. The van der Waals surface area contributed by atoms with Gasteiger partial charge in [-0.05, 0) is 35.4 Å². The second-order valence-electron chi connectivity index (χ2n) is 6.78. The summed E-state index contributed by atoms with van der Waals surface area (Å²) in [4.78, 5) is 12.5. The summed E-state index contributed by atoms with van der Waals surface area (Å²) in [6.45, 7) is 0.158. The third-order valence-corrected chi connectivity index (χ3v) is 5.05. The summed E-state index contributed by atoms with van der Waals surface area (Å²) in [5.74, 6) is -1.87. The number of hydrogen-bond acceptors (Lipinski definition) is 5. The van der Waals surface area contributed by atoms with Gasteiger partial charge in [-0.3, -0.25) is 4.99 Å². The van der Waals surface area contributed by atoms with Crippen molar-refractivity contribution in [1.82, 2.24) is 9.97 Å². The number of nitrogens with one attached hydrogen (secondary N) is 1. The Labute approximate surface area is 180 Å². The predicted octanol–water partition coefficient (Wildman–Crippen LogP) is 4.54. The highest BCUT2D eigenvalue weighted by Crippen LogP contribution is 2.33. The Bertz CT molecular complexity index is 1200. The number of aliphatic imine (C=N–C) groups is 1. The van der Waals surface area contributed by atoms with Crippen molar-refractivity contribution >= 4 is 28.8 Å². The molecule has 6 nitrogen and oxygen atoms in total. The average molecular weight is 446 g/mol. The van der Waals surface area contributed by atoms with E-state index in [1.54, 1.807) is 18.5 Å². The van der Waals surface area contributed by atoms with E-state index in [0.29, 0.717) is 22.8 Å². The molecule has 0 atom stereocenters. The van der Waals surface area contributed by atoms with Gasteiger partial charge < -0.3 is 10.5 Å². The first-order valence-electron chi connectivity index (χ1n) is 9.18. The number of hydrogen-bond donors (Lipinski definition) is 2. The van der Waals surface area contributed by atoms with Gasteiger partial charge in [0.15, 0.2) is 11.6 Å². The molecule has 2 heterocycles. The first-order valence-corrected chi connectivity index (χ1v) is 9.56. The van der Waals surface area contributed by atoms with Crippen LogP contribution in [0.3, 0.4) is 0 Å². The summed E-state index contributed by atoms with van der Waals surface area (Å²) in [7, 11) is 0. The minimum absolute atomic E-state index is 0.0261. The number of nitrogens with zero attached hydrogens (tertiary/aromatic N) is 4. The average Bonchev–Trinajstić information content (AvgIpc) is 3.21. The minimum atomic E-state index is -1.10. The minimum Gasteiger partial charge on any atom is -0.411 e.